The summed E-state index contributed by atoms with van der Waals surface area (Å²) in [6.45, 7) is 2.25. The smallest absolute Gasteiger partial charge is 0.230 e. The largest absolute Gasteiger partial charge is 0.372 e. The zero-order chi connectivity index (χ0) is 13.8. The first-order valence-electron chi connectivity index (χ1n) is 6.85. The second-order valence-corrected chi connectivity index (χ2v) is 4.96. The van der Waals surface area contributed by atoms with E-state index in [1.165, 1.54) is 24.8 Å². The zero-order valence-corrected chi connectivity index (χ0v) is 11.2. The summed E-state index contributed by atoms with van der Waals surface area (Å²) < 4.78 is 4.70. The van der Waals surface area contributed by atoms with Crippen molar-refractivity contribution in [2.24, 2.45) is 0 Å². The number of benzene rings is 1. The van der Waals surface area contributed by atoms with Crippen LogP contribution in [-0.2, 0) is 11.2 Å². The minimum absolute atomic E-state index is 0.0900. The number of carbonyl (C=O) groups is 1. The monoisotopic (exact) mass is 271 g/mol. The number of nitrogens with one attached hydrogen (secondary N) is 1. The van der Waals surface area contributed by atoms with Gasteiger partial charge in [0.25, 0.3) is 0 Å². The normalized spacial score (nSPS) is 14.5. The molecule has 1 aliphatic rings. The lowest BCUT2D eigenvalue weighted by Gasteiger charge is -2.17. The van der Waals surface area contributed by atoms with Crippen LogP contribution < -0.4 is 10.2 Å². The van der Waals surface area contributed by atoms with Crippen molar-refractivity contribution in [1.29, 1.82) is 0 Å². The molecule has 1 saturated heterocycles. The summed E-state index contributed by atoms with van der Waals surface area (Å²) in [6, 6.07) is 9.67. The van der Waals surface area contributed by atoms with Gasteiger partial charge in [-0.05, 0) is 37.1 Å². The molecule has 3 rings (SSSR count). The molecule has 20 heavy (non-hydrogen) atoms. The number of amides is 1. The zero-order valence-electron chi connectivity index (χ0n) is 11.2. The standard InChI is InChI=1S/C15H17N3O2/c19-15(11-13-7-10-20-17-13)16-12-3-5-14(6-4-12)18-8-1-2-9-18/h3-7,10H,1-2,8-9,11H2,(H,16,19). The minimum Gasteiger partial charge on any atom is -0.372 e. The molecule has 1 aromatic carbocycles. The molecule has 0 saturated carbocycles. The number of hydrogen-bond acceptors (Lipinski definition) is 4. The van der Waals surface area contributed by atoms with Crippen molar-refractivity contribution in [1.82, 2.24) is 5.16 Å². The van der Waals surface area contributed by atoms with Crippen molar-refractivity contribution in [3.05, 3.63) is 42.3 Å². The van der Waals surface area contributed by atoms with Gasteiger partial charge < -0.3 is 14.7 Å². The molecule has 1 fully saturated rings. The average Bonchev–Trinajstić information content (AvgIpc) is 3.12. The molecule has 0 bridgehead atoms. The van der Waals surface area contributed by atoms with Crippen LogP contribution in [0.25, 0.3) is 0 Å². The maximum Gasteiger partial charge on any atom is 0.230 e. The highest BCUT2D eigenvalue weighted by molar-refractivity contribution is 5.92. The van der Waals surface area contributed by atoms with Gasteiger partial charge in [-0.15, -0.1) is 0 Å². The topological polar surface area (TPSA) is 58.4 Å². The number of carbonyl (C=O) groups excluding carboxylic acids is 1. The van der Waals surface area contributed by atoms with E-state index in [0.29, 0.717) is 5.69 Å². The Bertz CT molecular complexity index is 557. The Hall–Kier alpha value is -2.30. The molecule has 1 amide bonds. The van der Waals surface area contributed by atoms with Crippen LogP contribution >= 0.6 is 0 Å². The van der Waals surface area contributed by atoms with Crippen LogP contribution in [0.15, 0.2) is 41.1 Å². The van der Waals surface area contributed by atoms with Gasteiger partial charge in [0.15, 0.2) is 0 Å². The summed E-state index contributed by atoms with van der Waals surface area (Å²) in [6.07, 6.45) is 4.21. The van der Waals surface area contributed by atoms with E-state index in [2.05, 4.69) is 27.5 Å². The first kappa shape index (κ1) is 12.7. The van der Waals surface area contributed by atoms with Gasteiger partial charge in [-0.1, -0.05) is 5.16 Å². The van der Waals surface area contributed by atoms with Crippen molar-refractivity contribution >= 4 is 17.3 Å². The summed E-state index contributed by atoms with van der Waals surface area (Å²) in [5.74, 6) is -0.0900. The number of nitrogens with zero attached hydrogens (tertiary/aromatic N) is 2. The molecule has 1 N–H and O–H groups in total. The van der Waals surface area contributed by atoms with Crippen molar-refractivity contribution in [3.8, 4) is 0 Å². The fraction of sp³-hybridized carbons (Fsp3) is 0.333. The van der Waals surface area contributed by atoms with Crippen LogP contribution in [0.3, 0.4) is 0 Å². The average molecular weight is 271 g/mol. The molecule has 1 aliphatic heterocycles. The number of rotatable bonds is 4. The maximum atomic E-state index is 11.8. The Labute approximate surface area is 117 Å². The summed E-state index contributed by atoms with van der Waals surface area (Å²) in [4.78, 5) is 14.2. The van der Waals surface area contributed by atoms with Gasteiger partial charge >= 0.3 is 0 Å². The van der Waals surface area contributed by atoms with Crippen LogP contribution in [0, 0.1) is 0 Å². The Morgan fingerprint density at radius 3 is 2.60 bits per heavy atom. The molecule has 5 heteroatoms. The van der Waals surface area contributed by atoms with Crippen LogP contribution in [0.2, 0.25) is 0 Å². The van der Waals surface area contributed by atoms with E-state index in [4.69, 9.17) is 4.52 Å². The predicted octanol–water partition coefficient (Wildman–Crippen LogP) is 2.46. The molecular weight excluding hydrogens is 254 g/mol. The van der Waals surface area contributed by atoms with Crippen molar-refractivity contribution < 1.29 is 9.32 Å². The summed E-state index contributed by atoms with van der Waals surface area (Å²) in [5, 5.41) is 6.58. The second-order valence-electron chi connectivity index (χ2n) is 4.96. The van der Waals surface area contributed by atoms with E-state index in [0.717, 1.165) is 18.8 Å². The molecule has 0 spiro atoms. The van der Waals surface area contributed by atoms with Crippen LogP contribution in [0.5, 0.6) is 0 Å². The lowest BCUT2D eigenvalue weighted by molar-refractivity contribution is -0.115. The fourth-order valence-electron chi connectivity index (χ4n) is 2.43. The quantitative estimate of drug-likeness (QED) is 0.928. The Kier molecular flexibility index (Phi) is 3.67. The molecule has 2 heterocycles. The third-order valence-corrected chi connectivity index (χ3v) is 3.46. The SMILES string of the molecule is O=C(Cc1ccon1)Nc1ccc(N2CCCC2)cc1. The maximum absolute atomic E-state index is 11.8. The lowest BCUT2D eigenvalue weighted by atomic mass is 10.2. The number of hydrogen-bond donors (Lipinski definition) is 1. The van der Waals surface area contributed by atoms with Gasteiger partial charge in [-0.25, -0.2) is 0 Å². The van der Waals surface area contributed by atoms with Gasteiger partial charge in [0.1, 0.15) is 6.26 Å². The highest BCUT2D eigenvalue weighted by atomic mass is 16.5. The van der Waals surface area contributed by atoms with Crippen LogP contribution in [0.1, 0.15) is 18.5 Å². The molecule has 0 aliphatic carbocycles. The van der Waals surface area contributed by atoms with Gasteiger partial charge in [-0.2, -0.15) is 0 Å². The second kappa shape index (κ2) is 5.77. The first-order valence-corrected chi connectivity index (χ1v) is 6.85. The van der Waals surface area contributed by atoms with Gasteiger partial charge in [0.2, 0.25) is 5.91 Å². The molecule has 1 aromatic heterocycles. The van der Waals surface area contributed by atoms with E-state index < -0.39 is 0 Å². The van der Waals surface area contributed by atoms with Crippen molar-refractivity contribution in [2.45, 2.75) is 19.3 Å². The summed E-state index contributed by atoms with van der Waals surface area (Å²) in [7, 11) is 0. The first-order chi connectivity index (χ1) is 9.81. The van der Waals surface area contributed by atoms with Gasteiger partial charge in [0.05, 0.1) is 12.1 Å². The van der Waals surface area contributed by atoms with E-state index in [1.807, 2.05) is 12.1 Å². The Morgan fingerprint density at radius 2 is 1.95 bits per heavy atom. The van der Waals surface area contributed by atoms with E-state index >= 15 is 0 Å². The molecule has 0 unspecified atom stereocenters. The van der Waals surface area contributed by atoms with Crippen LogP contribution in [-0.4, -0.2) is 24.2 Å². The van der Waals surface area contributed by atoms with E-state index in [9.17, 15) is 4.79 Å². The van der Waals surface area contributed by atoms with E-state index in [1.54, 1.807) is 6.07 Å². The molecule has 0 radical (unpaired) electrons. The lowest BCUT2D eigenvalue weighted by Crippen LogP contribution is -2.18. The minimum atomic E-state index is -0.0900. The third kappa shape index (κ3) is 2.99. The molecule has 104 valence electrons. The Morgan fingerprint density at radius 1 is 1.20 bits per heavy atom. The fourth-order valence-corrected chi connectivity index (χ4v) is 2.43. The molecule has 5 nitrogen and oxygen atoms in total. The third-order valence-electron chi connectivity index (χ3n) is 3.46. The highest BCUT2D eigenvalue weighted by Crippen LogP contribution is 2.22. The van der Waals surface area contributed by atoms with Crippen LogP contribution in [0.4, 0.5) is 11.4 Å². The molecule has 0 atom stereocenters. The van der Waals surface area contributed by atoms with Crippen molar-refractivity contribution in [3.63, 3.8) is 0 Å². The number of aromatic nitrogens is 1. The molecular formula is C15H17N3O2. The summed E-state index contributed by atoms with van der Waals surface area (Å²) >= 11 is 0. The Balaban J connectivity index is 1.58. The van der Waals surface area contributed by atoms with Gasteiger partial charge in [0, 0.05) is 30.5 Å². The van der Waals surface area contributed by atoms with Gasteiger partial charge in [-0.3, -0.25) is 4.79 Å². The summed E-state index contributed by atoms with van der Waals surface area (Å²) in [5.41, 5.74) is 2.66. The number of anilines is 2. The predicted molar refractivity (Wildman–Crippen MR) is 76.7 cm³/mol. The molecule has 2 aromatic rings. The highest BCUT2D eigenvalue weighted by Gasteiger charge is 2.12. The van der Waals surface area contributed by atoms with E-state index in [-0.39, 0.29) is 12.3 Å². The van der Waals surface area contributed by atoms with Crippen molar-refractivity contribution in [2.75, 3.05) is 23.3 Å².